The molecule has 0 spiro atoms. The van der Waals surface area contributed by atoms with Crippen molar-refractivity contribution < 1.29 is 9.59 Å². The minimum atomic E-state index is -0.219. The maximum absolute atomic E-state index is 13.5. The molecule has 1 fully saturated rings. The van der Waals surface area contributed by atoms with Crippen molar-refractivity contribution in [2.24, 2.45) is 5.92 Å². The number of likely N-dealkylation sites (tertiary alicyclic amines) is 1. The second-order valence-corrected chi connectivity index (χ2v) is 9.50. The summed E-state index contributed by atoms with van der Waals surface area (Å²) >= 11 is 6.49. The second-order valence-electron chi connectivity index (χ2n) is 9.09. The largest absolute Gasteiger partial charge is 0.339 e. The summed E-state index contributed by atoms with van der Waals surface area (Å²) in [5.41, 5.74) is 3.12. The Kier molecular flexibility index (Phi) is 5.77. The molecular weight excluding hydrogens is 452 g/mol. The van der Waals surface area contributed by atoms with E-state index in [1.54, 1.807) is 44.8 Å². The molecule has 3 aromatic heterocycles. The molecule has 0 N–H and O–H groups in total. The zero-order valence-corrected chi connectivity index (χ0v) is 20.3. The Morgan fingerprint density at radius 1 is 1.15 bits per heavy atom. The average Bonchev–Trinajstić information content (AvgIpc) is 3.37. The predicted molar refractivity (Wildman–Crippen MR) is 132 cm³/mol. The highest BCUT2D eigenvalue weighted by Crippen LogP contribution is 2.31. The van der Waals surface area contributed by atoms with Crippen LogP contribution in [0.5, 0.6) is 0 Å². The Labute approximate surface area is 202 Å². The van der Waals surface area contributed by atoms with Gasteiger partial charge in [-0.05, 0) is 43.9 Å². The molecule has 0 aliphatic carbocycles. The van der Waals surface area contributed by atoms with Gasteiger partial charge in [-0.3, -0.25) is 14.3 Å². The van der Waals surface area contributed by atoms with Crippen molar-refractivity contribution in [1.29, 1.82) is 0 Å². The van der Waals surface area contributed by atoms with Crippen LogP contribution >= 0.6 is 11.6 Å². The molecule has 0 atom stereocenters. The smallest absolute Gasteiger partial charge is 0.328 e. The van der Waals surface area contributed by atoms with Gasteiger partial charge in [-0.15, -0.1) is 0 Å². The second kappa shape index (κ2) is 8.76. The first-order valence-electron chi connectivity index (χ1n) is 11.4. The third-order valence-electron chi connectivity index (χ3n) is 6.68. The normalized spacial score (nSPS) is 14.8. The molecule has 2 amide bonds. The highest BCUT2D eigenvalue weighted by molar-refractivity contribution is 6.37. The first-order valence-corrected chi connectivity index (χ1v) is 11.8. The summed E-state index contributed by atoms with van der Waals surface area (Å²) in [6.45, 7) is 4.22. The predicted octanol–water partition coefficient (Wildman–Crippen LogP) is 4.43. The highest BCUT2D eigenvalue weighted by atomic mass is 35.5. The van der Waals surface area contributed by atoms with E-state index in [1.165, 1.54) is 9.47 Å². The molecule has 0 saturated carbocycles. The van der Waals surface area contributed by atoms with Gasteiger partial charge in [-0.25, -0.2) is 9.78 Å². The molecule has 1 aliphatic heterocycles. The van der Waals surface area contributed by atoms with E-state index in [4.69, 9.17) is 11.6 Å². The van der Waals surface area contributed by atoms with Crippen LogP contribution in [0.3, 0.4) is 0 Å². The molecule has 4 aromatic rings. The van der Waals surface area contributed by atoms with Gasteiger partial charge in [0, 0.05) is 51.5 Å². The number of benzene rings is 1. The maximum atomic E-state index is 13.5. The number of pyridine rings is 1. The van der Waals surface area contributed by atoms with Gasteiger partial charge in [0.2, 0.25) is 0 Å². The van der Waals surface area contributed by atoms with E-state index in [9.17, 15) is 9.59 Å². The van der Waals surface area contributed by atoms with E-state index in [-0.39, 0.29) is 11.9 Å². The summed E-state index contributed by atoms with van der Waals surface area (Å²) in [6, 6.07) is 7.15. The van der Waals surface area contributed by atoms with Crippen LogP contribution in [0.2, 0.25) is 5.02 Å². The summed E-state index contributed by atoms with van der Waals surface area (Å²) in [5.74, 6) is 1.35. The first-order chi connectivity index (χ1) is 16.3. The molecule has 1 aromatic carbocycles. The molecular formula is C25H27ClN6O2. The number of piperidine rings is 1. The lowest BCUT2D eigenvalue weighted by atomic mass is 9.96. The number of amides is 2. The third-order valence-corrected chi connectivity index (χ3v) is 7.00. The van der Waals surface area contributed by atoms with Crippen LogP contribution in [0.15, 0.2) is 42.9 Å². The Hall–Kier alpha value is -3.39. The summed E-state index contributed by atoms with van der Waals surface area (Å²) in [5, 5.41) is 1.10. The molecule has 8 nitrogen and oxygen atoms in total. The monoisotopic (exact) mass is 478 g/mol. The fourth-order valence-corrected chi connectivity index (χ4v) is 5.13. The van der Waals surface area contributed by atoms with Crippen molar-refractivity contribution in [1.82, 2.24) is 28.9 Å². The molecule has 0 bridgehead atoms. The van der Waals surface area contributed by atoms with Crippen molar-refractivity contribution >= 4 is 45.5 Å². The fraction of sp³-hybridized carbons (Fsp3) is 0.360. The number of hydrogen-bond donors (Lipinski definition) is 0. The van der Waals surface area contributed by atoms with Gasteiger partial charge in [0.25, 0.3) is 5.91 Å². The molecule has 34 heavy (non-hydrogen) atoms. The number of aryl methyl sites for hydroxylation is 1. The lowest BCUT2D eigenvalue weighted by molar-refractivity contribution is 0.0685. The van der Waals surface area contributed by atoms with Gasteiger partial charge in [-0.1, -0.05) is 17.7 Å². The van der Waals surface area contributed by atoms with Gasteiger partial charge in [0.1, 0.15) is 11.3 Å². The zero-order valence-electron chi connectivity index (χ0n) is 19.5. The summed E-state index contributed by atoms with van der Waals surface area (Å²) < 4.78 is 3.75. The van der Waals surface area contributed by atoms with Crippen LogP contribution in [0.1, 0.15) is 29.0 Å². The van der Waals surface area contributed by atoms with Crippen molar-refractivity contribution in [3.8, 4) is 0 Å². The summed E-state index contributed by atoms with van der Waals surface area (Å²) in [7, 11) is 3.37. The van der Waals surface area contributed by atoms with E-state index < -0.39 is 0 Å². The topological polar surface area (TPSA) is 76.3 Å². The van der Waals surface area contributed by atoms with Crippen LogP contribution < -0.4 is 0 Å². The van der Waals surface area contributed by atoms with Gasteiger partial charge >= 0.3 is 6.03 Å². The van der Waals surface area contributed by atoms with Crippen LogP contribution in [0.25, 0.3) is 21.9 Å². The minimum absolute atomic E-state index is 0.0859. The van der Waals surface area contributed by atoms with Crippen molar-refractivity contribution in [2.75, 3.05) is 27.2 Å². The quantitative estimate of drug-likeness (QED) is 0.436. The SMILES string of the molecule is Cc1nc2cnccc2n1CC1CCN(C(=O)c2cn(C(=O)N(C)C)c3cccc(Cl)c23)CC1. The number of carbonyl (C=O) groups excluding carboxylic acids is 2. The lowest BCUT2D eigenvalue weighted by Crippen LogP contribution is -2.39. The Morgan fingerprint density at radius 3 is 2.65 bits per heavy atom. The van der Waals surface area contributed by atoms with E-state index in [0.717, 1.165) is 36.2 Å². The molecule has 1 saturated heterocycles. The molecule has 0 radical (unpaired) electrons. The van der Waals surface area contributed by atoms with Gasteiger partial charge in [0.15, 0.2) is 0 Å². The summed E-state index contributed by atoms with van der Waals surface area (Å²) in [6.07, 6.45) is 7.02. The number of nitrogens with zero attached hydrogens (tertiary/aromatic N) is 6. The Bertz CT molecular complexity index is 1400. The van der Waals surface area contributed by atoms with Gasteiger partial charge in [-0.2, -0.15) is 0 Å². The molecule has 1 aliphatic rings. The standard InChI is InChI=1S/C25H27ClN6O2/c1-16-28-20-13-27-10-7-21(20)31(16)14-17-8-11-30(12-9-17)24(33)18-15-32(25(34)29(2)3)22-6-4-5-19(26)23(18)22/h4-7,10,13,15,17H,8-9,11-12,14H2,1-3H3. The Balaban J connectivity index is 1.35. The molecule has 9 heteroatoms. The number of hydrogen-bond acceptors (Lipinski definition) is 4. The highest BCUT2D eigenvalue weighted by Gasteiger charge is 2.28. The van der Waals surface area contributed by atoms with E-state index in [0.29, 0.717) is 40.5 Å². The van der Waals surface area contributed by atoms with Crippen molar-refractivity contribution in [3.63, 3.8) is 0 Å². The first kappa shape index (κ1) is 22.4. The fourth-order valence-electron chi connectivity index (χ4n) is 4.86. The lowest BCUT2D eigenvalue weighted by Gasteiger charge is -2.32. The number of halogens is 1. The van der Waals surface area contributed by atoms with E-state index in [1.807, 2.05) is 24.0 Å². The third kappa shape index (κ3) is 3.81. The number of rotatable bonds is 3. The van der Waals surface area contributed by atoms with Crippen LogP contribution in [-0.4, -0.2) is 68.0 Å². The summed E-state index contributed by atoms with van der Waals surface area (Å²) in [4.78, 5) is 38.4. The zero-order chi connectivity index (χ0) is 24.0. The molecule has 0 unspecified atom stereocenters. The number of imidazole rings is 1. The van der Waals surface area contributed by atoms with Crippen LogP contribution in [0.4, 0.5) is 4.79 Å². The minimum Gasteiger partial charge on any atom is -0.339 e. The number of fused-ring (bicyclic) bond motifs is 2. The average molecular weight is 479 g/mol. The van der Waals surface area contributed by atoms with E-state index >= 15 is 0 Å². The van der Waals surface area contributed by atoms with Crippen LogP contribution in [0, 0.1) is 12.8 Å². The number of carbonyl (C=O) groups is 2. The molecule has 5 rings (SSSR count). The van der Waals surface area contributed by atoms with Crippen LogP contribution in [-0.2, 0) is 6.54 Å². The molecule has 4 heterocycles. The van der Waals surface area contributed by atoms with Gasteiger partial charge < -0.3 is 14.4 Å². The van der Waals surface area contributed by atoms with E-state index in [2.05, 4.69) is 14.5 Å². The van der Waals surface area contributed by atoms with Crippen molar-refractivity contribution in [3.05, 3.63) is 59.3 Å². The van der Waals surface area contributed by atoms with Crippen molar-refractivity contribution in [2.45, 2.75) is 26.3 Å². The molecule has 176 valence electrons. The number of aromatic nitrogens is 4. The van der Waals surface area contributed by atoms with Gasteiger partial charge in [0.05, 0.1) is 27.8 Å². The maximum Gasteiger partial charge on any atom is 0.328 e. The Morgan fingerprint density at radius 2 is 1.91 bits per heavy atom.